The van der Waals surface area contributed by atoms with E-state index in [1.165, 1.54) is 30.6 Å². The normalized spacial score (nSPS) is 18.8. The molecule has 0 bridgehead atoms. The molecule has 2 aromatic rings. The molecule has 0 spiro atoms. The van der Waals surface area contributed by atoms with E-state index >= 15 is 0 Å². The zero-order chi connectivity index (χ0) is 14.7. The highest BCUT2D eigenvalue weighted by Gasteiger charge is 2.28. The number of thiophene rings is 1. The van der Waals surface area contributed by atoms with Gasteiger partial charge in [-0.3, -0.25) is 0 Å². The number of hydrogen-bond acceptors (Lipinski definition) is 2. The molecule has 1 aromatic heterocycles. The van der Waals surface area contributed by atoms with Crippen molar-refractivity contribution >= 4 is 11.3 Å². The van der Waals surface area contributed by atoms with Gasteiger partial charge in [0.1, 0.15) is 5.82 Å². The molecule has 112 valence electrons. The number of nitrogens with one attached hydrogen (secondary N) is 1. The van der Waals surface area contributed by atoms with Crippen molar-refractivity contribution in [3.63, 3.8) is 0 Å². The zero-order valence-corrected chi connectivity index (χ0v) is 13.2. The summed E-state index contributed by atoms with van der Waals surface area (Å²) in [5, 5.41) is 5.94. The van der Waals surface area contributed by atoms with Gasteiger partial charge in [0.15, 0.2) is 0 Å². The fourth-order valence-corrected chi connectivity index (χ4v) is 4.21. The first-order chi connectivity index (χ1) is 10.2. The summed E-state index contributed by atoms with van der Waals surface area (Å²) < 4.78 is 13.1. The van der Waals surface area contributed by atoms with Crippen molar-refractivity contribution in [1.29, 1.82) is 0 Å². The highest BCUT2D eigenvalue weighted by atomic mass is 32.1. The lowest BCUT2D eigenvalue weighted by molar-refractivity contribution is 0.343. The maximum Gasteiger partial charge on any atom is 0.123 e. The van der Waals surface area contributed by atoms with Gasteiger partial charge in [0.2, 0.25) is 0 Å². The monoisotopic (exact) mass is 303 g/mol. The third-order valence-electron chi connectivity index (χ3n) is 4.52. The molecule has 1 aliphatic rings. The van der Waals surface area contributed by atoms with Crippen LogP contribution in [-0.2, 0) is 0 Å². The van der Waals surface area contributed by atoms with Crippen molar-refractivity contribution < 1.29 is 4.39 Å². The summed E-state index contributed by atoms with van der Waals surface area (Å²) in [6, 6.07) is 11.9. The number of rotatable bonds is 5. The molecule has 1 saturated carbocycles. The molecule has 0 aliphatic heterocycles. The predicted molar refractivity (Wildman–Crippen MR) is 87.0 cm³/mol. The van der Waals surface area contributed by atoms with Gasteiger partial charge in [0, 0.05) is 17.0 Å². The summed E-state index contributed by atoms with van der Waals surface area (Å²) in [7, 11) is 0. The molecule has 1 heterocycles. The first-order valence-corrected chi connectivity index (χ1v) is 8.67. The molecule has 0 radical (unpaired) electrons. The minimum atomic E-state index is -0.170. The molecule has 1 fully saturated rings. The van der Waals surface area contributed by atoms with Crippen molar-refractivity contribution in [2.24, 2.45) is 5.92 Å². The van der Waals surface area contributed by atoms with Crippen LogP contribution in [0.3, 0.4) is 0 Å². The molecular formula is C18H22FNS. The molecule has 1 aromatic carbocycles. The average molecular weight is 303 g/mol. The summed E-state index contributed by atoms with van der Waals surface area (Å²) >= 11 is 1.84. The van der Waals surface area contributed by atoms with Crippen LogP contribution in [0.1, 0.15) is 55.1 Å². The maximum absolute atomic E-state index is 13.1. The van der Waals surface area contributed by atoms with Crippen LogP contribution in [0.25, 0.3) is 0 Å². The van der Waals surface area contributed by atoms with E-state index in [0.717, 1.165) is 11.5 Å². The Morgan fingerprint density at radius 2 is 1.86 bits per heavy atom. The van der Waals surface area contributed by atoms with E-state index in [4.69, 9.17) is 0 Å². The Morgan fingerprint density at radius 1 is 1.14 bits per heavy atom. The number of halogens is 1. The number of benzene rings is 1. The molecular weight excluding hydrogens is 281 g/mol. The van der Waals surface area contributed by atoms with Crippen LogP contribution in [0.5, 0.6) is 0 Å². The molecule has 1 unspecified atom stereocenters. The van der Waals surface area contributed by atoms with Gasteiger partial charge in [-0.15, -0.1) is 11.3 Å². The van der Waals surface area contributed by atoms with Crippen LogP contribution in [0.15, 0.2) is 41.8 Å². The summed E-state index contributed by atoms with van der Waals surface area (Å²) in [5.74, 6) is 0.558. The molecule has 1 nitrogen and oxygen atoms in total. The van der Waals surface area contributed by atoms with E-state index in [2.05, 4.69) is 29.8 Å². The minimum absolute atomic E-state index is 0.170. The molecule has 0 saturated heterocycles. The average Bonchev–Trinajstić information content (AvgIpc) is 3.19. The molecule has 3 rings (SSSR count). The lowest BCUT2D eigenvalue weighted by Gasteiger charge is -2.28. The summed E-state index contributed by atoms with van der Waals surface area (Å²) in [4.78, 5) is 1.43. The fraction of sp³-hybridized carbons (Fsp3) is 0.444. The van der Waals surface area contributed by atoms with Gasteiger partial charge >= 0.3 is 0 Å². The topological polar surface area (TPSA) is 12.0 Å². The second-order valence-corrected chi connectivity index (χ2v) is 6.96. The zero-order valence-electron chi connectivity index (χ0n) is 12.4. The second-order valence-electron chi connectivity index (χ2n) is 5.98. The molecule has 1 aliphatic carbocycles. The van der Waals surface area contributed by atoms with Crippen molar-refractivity contribution in [3.8, 4) is 0 Å². The Morgan fingerprint density at radius 3 is 2.48 bits per heavy atom. The fourth-order valence-electron chi connectivity index (χ4n) is 3.33. The largest absolute Gasteiger partial charge is 0.302 e. The summed E-state index contributed by atoms with van der Waals surface area (Å²) in [5.41, 5.74) is 1.15. The Balaban J connectivity index is 1.76. The summed E-state index contributed by atoms with van der Waals surface area (Å²) in [6.45, 7) is 2.17. The Kier molecular flexibility index (Phi) is 4.71. The molecule has 21 heavy (non-hydrogen) atoms. The van der Waals surface area contributed by atoms with Gasteiger partial charge in [-0.05, 0) is 54.8 Å². The third kappa shape index (κ3) is 3.53. The van der Waals surface area contributed by atoms with Crippen molar-refractivity contribution in [3.05, 3.63) is 58.0 Å². The van der Waals surface area contributed by atoms with E-state index in [9.17, 15) is 4.39 Å². The van der Waals surface area contributed by atoms with E-state index < -0.39 is 0 Å². The van der Waals surface area contributed by atoms with Gasteiger partial charge < -0.3 is 5.32 Å². The van der Waals surface area contributed by atoms with E-state index in [0.29, 0.717) is 6.04 Å². The van der Waals surface area contributed by atoms with Crippen LogP contribution in [0.2, 0.25) is 0 Å². The van der Waals surface area contributed by atoms with Gasteiger partial charge in [-0.2, -0.15) is 0 Å². The van der Waals surface area contributed by atoms with Gasteiger partial charge in [-0.25, -0.2) is 4.39 Å². The van der Waals surface area contributed by atoms with Gasteiger partial charge in [-0.1, -0.05) is 31.0 Å². The lowest BCUT2D eigenvalue weighted by atomic mass is 9.95. The Labute approximate surface area is 130 Å². The first-order valence-electron chi connectivity index (χ1n) is 7.79. The van der Waals surface area contributed by atoms with E-state index in [1.807, 2.05) is 23.5 Å². The third-order valence-corrected chi connectivity index (χ3v) is 5.48. The Hall–Kier alpha value is -1.19. The summed E-state index contributed by atoms with van der Waals surface area (Å²) in [6.07, 6.45) is 5.32. The first kappa shape index (κ1) is 14.7. The minimum Gasteiger partial charge on any atom is -0.302 e. The van der Waals surface area contributed by atoms with E-state index in [-0.39, 0.29) is 11.9 Å². The van der Waals surface area contributed by atoms with Crippen LogP contribution in [0, 0.1) is 11.7 Å². The number of hydrogen-bond donors (Lipinski definition) is 1. The Bertz CT molecular complexity index is 543. The highest BCUT2D eigenvalue weighted by molar-refractivity contribution is 7.10. The van der Waals surface area contributed by atoms with E-state index in [1.54, 1.807) is 12.1 Å². The van der Waals surface area contributed by atoms with Gasteiger partial charge in [0.25, 0.3) is 0 Å². The highest BCUT2D eigenvalue weighted by Crippen LogP contribution is 2.38. The van der Waals surface area contributed by atoms with Crippen LogP contribution in [0.4, 0.5) is 4.39 Å². The van der Waals surface area contributed by atoms with Crippen LogP contribution < -0.4 is 5.32 Å². The SMILES string of the molecule is C[C@H](NC(c1cccs1)C1CCCC1)c1ccc(F)cc1. The van der Waals surface area contributed by atoms with Crippen molar-refractivity contribution in [2.45, 2.75) is 44.7 Å². The quantitative estimate of drug-likeness (QED) is 0.772. The molecule has 3 heteroatoms. The predicted octanol–water partition coefficient (Wildman–Crippen LogP) is 5.47. The second kappa shape index (κ2) is 6.71. The molecule has 2 atom stereocenters. The smallest absolute Gasteiger partial charge is 0.123 e. The van der Waals surface area contributed by atoms with Crippen molar-refractivity contribution in [1.82, 2.24) is 5.32 Å². The van der Waals surface area contributed by atoms with Crippen LogP contribution >= 0.6 is 11.3 Å². The molecule has 1 N–H and O–H groups in total. The molecule has 0 amide bonds. The standard InChI is InChI=1S/C18H22FNS/c1-13(14-8-10-16(19)11-9-14)20-18(15-5-2-3-6-15)17-7-4-12-21-17/h4,7-13,15,18,20H,2-3,5-6H2,1H3/t13-,18?/m0/s1. The van der Waals surface area contributed by atoms with Crippen molar-refractivity contribution in [2.75, 3.05) is 0 Å². The maximum atomic E-state index is 13.1. The van der Waals surface area contributed by atoms with Crippen LogP contribution in [-0.4, -0.2) is 0 Å². The lowest BCUT2D eigenvalue weighted by Crippen LogP contribution is -2.29. The van der Waals surface area contributed by atoms with Gasteiger partial charge in [0.05, 0.1) is 0 Å².